The van der Waals surface area contributed by atoms with Gasteiger partial charge in [-0.15, -0.1) is 28.2 Å². The van der Waals surface area contributed by atoms with Gasteiger partial charge in [0.2, 0.25) is 0 Å². The van der Waals surface area contributed by atoms with Gasteiger partial charge in [-0.2, -0.15) is 0 Å². The molecule has 0 saturated heterocycles. The highest BCUT2D eigenvalue weighted by Gasteiger charge is 2.22. The fourth-order valence-corrected chi connectivity index (χ4v) is 10.4. The number of hydrogen-bond acceptors (Lipinski definition) is 5. The lowest BCUT2D eigenvalue weighted by Crippen LogP contribution is -2.55. The minimum atomic E-state index is 0.569. The summed E-state index contributed by atoms with van der Waals surface area (Å²) in [5.41, 5.74) is 22.4. The van der Waals surface area contributed by atoms with Crippen LogP contribution in [0.3, 0.4) is 0 Å². The number of allylic oxidation sites excluding steroid dienone is 3. The van der Waals surface area contributed by atoms with Gasteiger partial charge in [-0.1, -0.05) is 132 Å². The van der Waals surface area contributed by atoms with E-state index in [0.29, 0.717) is 17.5 Å². The number of benzene rings is 8. The Kier molecular flexibility index (Phi) is 11.6. The van der Waals surface area contributed by atoms with Gasteiger partial charge in [-0.3, -0.25) is 0 Å². The third-order valence-corrected chi connectivity index (χ3v) is 14.8. The lowest BCUT2D eigenvalue weighted by atomic mass is 9.60. The van der Waals surface area contributed by atoms with E-state index in [0.717, 1.165) is 132 Å². The van der Waals surface area contributed by atoms with Crippen LogP contribution in [0.2, 0.25) is 0 Å². The third-order valence-electron chi connectivity index (χ3n) is 14.8. The molecule has 3 aromatic heterocycles. The Bertz CT molecular complexity index is 3940. The summed E-state index contributed by atoms with van der Waals surface area (Å²) in [6, 6.07) is 53.4. The van der Waals surface area contributed by atoms with Crippen LogP contribution in [0.25, 0.3) is 117 Å². The van der Waals surface area contributed by atoms with Crippen molar-refractivity contribution in [3.8, 4) is 79.6 Å². The van der Waals surface area contributed by atoms with E-state index in [1.165, 1.54) is 16.4 Å². The van der Waals surface area contributed by atoms with Crippen molar-refractivity contribution in [1.82, 2.24) is 15.0 Å². The Morgan fingerprint density at radius 2 is 0.845 bits per heavy atom. The summed E-state index contributed by atoms with van der Waals surface area (Å²) in [6.07, 6.45) is 6.05. The smallest absolute Gasteiger partial charge is 0.164 e. The largest absolute Gasteiger partial charge is 0.455 e. The summed E-state index contributed by atoms with van der Waals surface area (Å²) >= 11 is 0. The molecule has 0 amide bonds. The van der Waals surface area contributed by atoms with Crippen LogP contribution in [0.4, 0.5) is 0 Å². The van der Waals surface area contributed by atoms with Crippen molar-refractivity contribution < 1.29 is 8.83 Å². The van der Waals surface area contributed by atoms with Crippen LogP contribution in [0, 0.1) is 12.3 Å². The lowest BCUT2D eigenvalue weighted by molar-refractivity contribution is 0.669. The number of rotatable bonds is 8. The molecule has 0 aliphatic rings. The van der Waals surface area contributed by atoms with Crippen molar-refractivity contribution in [2.24, 2.45) is 0 Å². The van der Waals surface area contributed by atoms with Gasteiger partial charge in [0.25, 0.3) is 0 Å². The fourth-order valence-electron chi connectivity index (χ4n) is 10.4. The molecule has 71 heavy (non-hydrogen) atoms. The molecule has 0 fully saturated rings. The van der Waals surface area contributed by atoms with Crippen molar-refractivity contribution in [2.45, 2.75) is 0 Å². The van der Waals surface area contributed by atoms with Crippen LogP contribution in [0.15, 0.2) is 177 Å². The zero-order valence-electron chi connectivity index (χ0n) is 41.7. The highest BCUT2D eigenvalue weighted by atomic mass is 16.3. The number of aromatic nitrogens is 3. The molecule has 0 radical (unpaired) electrons. The molecule has 0 saturated carbocycles. The van der Waals surface area contributed by atoms with Crippen LogP contribution in [-0.2, 0) is 0 Å². The number of hydrogen-bond donors (Lipinski definition) is 0. The highest BCUT2D eigenvalue weighted by Crippen LogP contribution is 2.41. The molecule has 0 unspecified atom stereocenters. The van der Waals surface area contributed by atoms with Crippen molar-refractivity contribution in [3.05, 3.63) is 174 Å². The Morgan fingerprint density at radius 1 is 0.423 bits per heavy atom. The van der Waals surface area contributed by atoms with Gasteiger partial charge in [0.05, 0.1) is 0 Å². The Labute approximate surface area is 422 Å². The predicted molar refractivity (Wildman–Crippen MR) is 325 cm³/mol. The average molecular weight is 900 g/mol. The molecule has 0 bridgehead atoms. The van der Waals surface area contributed by atoms with E-state index >= 15 is 0 Å². The number of furan rings is 2. The quantitative estimate of drug-likeness (QED) is 0.133. The van der Waals surface area contributed by atoms with Crippen molar-refractivity contribution in [3.63, 3.8) is 0 Å². The van der Waals surface area contributed by atoms with Crippen molar-refractivity contribution in [1.29, 1.82) is 0 Å². The standard InChI is InChI=1S/C57H44B9N3O2/c1-2-41(58)46(59)45(54(65)66)57-68-55(67-56(69-57)44-47(60)49(62)51(64)50(63)48(44)61)34-26-32(28-11-7-13-30(23-28)35-17-9-19-39-37-15-3-5-21-42(37)70-52(35)39)25-33(27-34)29-12-8-14-31(24-29)36-18-10-20-40-38-16-4-6-22-43(38)71-53(36)40/h1,3-27H,58-66H2/b46-41-. The van der Waals surface area contributed by atoms with Gasteiger partial charge >= 0.3 is 0 Å². The molecule has 5 nitrogen and oxygen atoms in total. The molecule has 11 aromatic rings. The van der Waals surface area contributed by atoms with E-state index in [1.807, 2.05) is 32.1 Å². The molecule has 0 atom stereocenters. The van der Waals surface area contributed by atoms with E-state index in [1.54, 1.807) is 0 Å². The fraction of sp³-hybridized carbons (Fsp3) is 0. The van der Waals surface area contributed by atoms with Gasteiger partial charge in [0.15, 0.2) is 17.5 Å². The zero-order valence-corrected chi connectivity index (χ0v) is 41.7. The summed E-state index contributed by atoms with van der Waals surface area (Å²) < 4.78 is 13.1. The maximum Gasteiger partial charge on any atom is 0.164 e. The maximum absolute atomic E-state index is 6.55. The number of para-hydroxylation sites is 4. The van der Waals surface area contributed by atoms with E-state index in [2.05, 4.69) is 196 Å². The van der Waals surface area contributed by atoms with Gasteiger partial charge in [0, 0.05) is 43.8 Å². The number of fused-ring (bicyclic) bond motifs is 6. The molecule has 0 aliphatic heterocycles. The first-order chi connectivity index (χ1) is 34.4. The van der Waals surface area contributed by atoms with Crippen molar-refractivity contribution >= 4 is 147 Å². The Hall–Kier alpha value is -8.01. The zero-order chi connectivity index (χ0) is 49.2. The van der Waals surface area contributed by atoms with Gasteiger partial charge < -0.3 is 8.83 Å². The van der Waals surface area contributed by atoms with Gasteiger partial charge in [-0.25, -0.2) is 15.0 Å². The summed E-state index contributed by atoms with van der Waals surface area (Å²) in [6.45, 7) is 0. The first-order valence-corrected chi connectivity index (χ1v) is 24.2. The van der Waals surface area contributed by atoms with E-state index in [9.17, 15) is 0 Å². The minimum absolute atomic E-state index is 0.569. The molecule has 14 heteroatoms. The maximum atomic E-state index is 6.55. The molecular weight excluding hydrogens is 856 g/mol. The second-order valence-corrected chi connectivity index (χ2v) is 19.1. The van der Waals surface area contributed by atoms with Gasteiger partial charge in [-0.05, 0) is 86.9 Å². The topological polar surface area (TPSA) is 65.0 Å². The van der Waals surface area contributed by atoms with Crippen molar-refractivity contribution in [2.75, 3.05) is 0 Å². The minimum Gasteiger partial charge on any atom is -0.455 e. The molecule has 0 N–H and O–H groups in total. The number of nitrogens with zero attached hydrogens (tertiary/aromatic N) is 3. The van der Waals surface area contributed by atoms with Crippen LogP contribution in [0.1, 0.15) is 5.82 Å². The Balaban J connectivity index is 1.16. The van der Waals surface area contributed by atoms with Crippen LogP contribution >= 0.6 is 0 Å². The van der Waals surface area contributed by atoms with Crippen LogP contribution < -0.4 is 27.3 Å². The molecule has 0 aliphatic carbocycles. The summed E-state index contributed by atoms with van der Waals surface area (Å²) in [7, 11) is 19.2. The molecule has 326 valence electrons. The molecule has 8 aromatic carbocycles. The summed E-state index contributed by atoms with van der Waals surface area (Å²) in [5.74, 6) is 4.66. The Morgan fingerprint density at radius 3 is 1.35 bits per heavy atom. The molecule has 0 spiro atoms. The van der Waals surface area contributed by atoms with E-state index < -0.39 is 0 Å². The van der Waals surface area contributed by atoms with Gasteiger partial charge in [0.1, 0.15) is 92.9 Å². The third kappa shape index (κ3) is 7.91. The number of terminal acetylenes is 1. The summed E-state index contributed by atoms with van der Waals surface area (Å²) in [5, 5.41) is 5.45. The normalized spacial score (nSPS) is 11.8. The monoisotopic (exact) mass is 901 g/mol. The second-order valence-electron chi connectivity index (χ2n) is 19.1. The van der Waals surface area contributed by atoms with E-state index in [-0.39, 0.29) is 0 Å². The lowest BCUT2D eigenvalue weighted by Gasteiger charge is -2.21. The average Bonchev–Trinajstić information content (AvgIpc) is 3.98. The first-order valence-electron chi connectivity index (χ1n) is 24.2. The SMILES string of the molecule is BC(B)=C(/C(B)=C(/B)C#C)c1nc(-c2cc(-c3cccc(-c4cccc5c4oc4ccccc45)c3)cc(-c3cccc(-c4cccc5c4oc4ccccc45)c3)c2)nc(-c2c(B)c(B)c(B)c(B)c2B)n1. The molecule has 11 rings (SSSR count). The highest BCUT2D eigenvalue weighted by molar-refractivity contribution is 6.68. The molecular formula is C57H44B9N3O2. The van der Waals surface area contributed by atoms with E-state index in [4.69, 9.17) is 30.2 Å². The first kappa shape index (κ1) is 45.4. The van der Waals surface area contributed by atoms with Crippen LogP contribution in [-0.4, -0.2) is 85.6 Å². The van der Waals surface area contributed by atoms with Crippen LogP contribution in [0.5, 0.6) is 0 Å². The summed E-state index contributed by atoms with van der Waals surface area (Å²) in [4.78, 5) is 16.2. The predicted octanol–water partition coefficient (Wildman–Crippen LogP) is 2.01. The second kappa shape index (κ2) is 18.1. The molecule has 3 heterocycles.